The van der Waals surface area contributed by atoms with E-state index in [1.165, 1.54) is 12.3 Å². The average Bonchev–Trinajstić information content (AvgIpc) is 2.45. The van der Waals surface area contributed by atoms with Gasteiger partial charge in [0, 0.05) is 18.4 Å². The second kappa shape index (κ2) is 5.83. The summed E-state index contributed by atoms with van der Waals surface area (Å²) >= 11 is 0. The summed E-state index contributed by atoms with van der Waals surface area (Å²) in [4.78, 5) is 25.8. The third-order valence-corrected chi connectivity index (χ3v) is 2.72. The van der Waals surface area contributed by atoms with E-state index in [2.05, 4.69) is 10.3 Å². The van der Waals surface area contributed by atoms with Crippen LogP contribution in [0.4, 0.5) is 5.69 Å². The molecule has 1 aromatic heterocycles. The molecule has 2 rings (SSSR count). The molecular formula is C14H13N3O3. The Hall–Kier alpha value is -2.89. The van der Waals surface area contributed by atoms with Crippen LogP contribution in [-0.4, -0.2) is 22.0 Å². The Bertz CT molecular complexity index is 638. The highest BCUT2D eigenvalue weighted by Crippen LogP contribution is 2.15. The number of carboxylic acids is 1. The number of carbonyl (C=O) groups excluding carboxylic acids is 1. The summed E-state index contributed by atoms with van der Waals surface area (Å²) in [6.07, 6.45) is 1.48. The molecule has 0 saturated carbocycles. The first-order valence-corrected chi connectivity index (χ1v) is 5.89. The number of hydrogen-bond acceptors (Lipinski definition) is 4. The van der Waals surface area contributed by atoms with Gasteiger partial charge in [-0.25, -0.2) is 9.78 Å². The first kappa shape index (κ1) is 13.5. The number of pyridine rings is 1. The second-order valence-electron chi connectivity index (χ2n) is 4.12. The predicted octanol–water partition coefficient (Wildman–Crippen LogP) is 1.49. The lowest BCUT2D eigenvalue weighted by Crippen LogP contribution is -2.14. The van der Waals surface area contributed by atoms with Gasteiger partial charge in [-0.05, 0) is 23.8 Å². The topological polar surface area (TPSA) is 105 Å². The summed E-state index contributed by atoms with van der Waals surface area (Å²) < 4.78 is 0. The van der Waals surface area contributed by atoms with Crippen LogP contribution in [0.5, 0.6) is 0 Å². The minimum atomic E-state index is -1.07. The molecule has 0 aliphatic carbocycles. The van der Waals surface area contributed by atoms with Gasteiger partial charge in [0.25, 0.3) is 5.91 Å². The molecule has 0 spiro atoms. The van der Waals surface area contributed by atoms with Crippen molar-refractivity contribution in [1.82, 2.24) is 4.98 Å². The third kappa shape index (κ3) is 3.11. The van der Waals surface area contributed by atoms with Gasteiger partial charge < -0.3 is 16.2 Å². The van der Waals surface area contributed by atoms with E-state index in [1.54, 1.807) is 30.3 Å². The van der Waals surface area contributed by atoms with Crippen molar-refractivity contribution in [3.05, 3.63) is 59.4 Å². The van der Waals surface area contributed by atoms with Crippen LogP contribution < -0.4 is 11.1 Å². The smallest absolute Gasteiger partial charge is 0.354 e. The van der Waals surface area contributed by atoms with Crippen molar-refractivity contribution < 1.29 is 14.7 Å². The zero-order valence-corrected chi connectivity index (χ0v) is 10.5. The van der Waals surface area contributed by atoms with Crippen molar-refractivity contribution in [3.8, 4) is 0 Å². The van der Waals surface area contributed by atoms with Crippen LogP contribution >= 0.6 is 0 Å². The number of amides is 1. The Morgan fingerprint density at radius 1 is 1.20 bits per heavy atom. The van der Waals surface area contributed by atoms with Crippen LogP contribution in [0.3, 0.4) is 0 Å². The summed E-state index contributed by atoms with van der Waals surface area (Å²) in [6.45, 7) is 0.414. The molecular weight excluding hydrogens is 258 g/mol. The molecule has 1 heterocycles. The van der Waals surface area contributed by atoms with Crippen molar-refractivity contribution in [2.24, 2.45) is 5.73 Å². The molecule has 2 aromatic rings. The molecule has 20 heavy (non-hydrogen) atoms. The number of rotatable bonds is 5. The van der Waals surface area contributed by atoms with E-state index in [-0.39, 0.29) is 5.69 Å². The number of nitrogens with one attached hydrogen (secondary N) is 1. The van der Waals surface area contributed by atoms with Crippen LogP contribution in [0.25, 0.3) is 0 Å². The molecule has 0 atom stereocenters. The van der Waals surface area contributed by atoms with E-state index in [4.69, 9.17) is 10.8 Å². The first-order chi connectivity index (χ1) is 9.58. The van der Waals surface area contributed by atoms with Crippen LogP contribution in [0.15, 0.2) is 42.6 Å². The number of anilines is 1. The number of benzene rings is 1. The van der Waals surface area contributed by atoms with Gasteiger partial charge in [0.1, 0.15) is 5.69 Å². The fourth-order valence-electron chi connectivity index (χ4n) is 1.70. The SMILES string of the molecule is NC(=O)c1ccccc1NCc1ccc(C(=O)O)nc1. The van der Waals surface area contributed by atoms with Gasteiger partial charge in [-0.15, -0.1) is 0 Å². The molecule has 0 unspecified atom stereocenters. The number of aromatic carboxylic acids is 1. The Kier molecular flexibility index (Phi) is 3.95. The molecule has 0 aliphatic rings. The normalized spacial score (nSPS) is 10.0. The minimum Gasteiger partial charge on any atom is -0.477 e. The van der Waals surface area contributed by atoms with E-state index in [0.717, 1.165) is 5.56 Å². The summed E-state index contributed by atoms with van der Waals surface area (Å²) in [5.74, 6) is -1.57. The summed E-state index contributed by atoms with van der Waals surface area (Å²) in [5, 5.41) is 11.8. The van der Waals surface area contributed by atoms with Crippen molar-refractivity contribution >= 4 is 17.6 Å². The van der Waals surface area contributed by atoms with Crippen LogP contribution in [0, 0.1) is 0 Å². The quantitative estimate of drug-likeness (QED) is 0.764. The molecule has 0 saturated heterocycles. The number of hydrogen-bond donors (Lipinski definition) is 3. The van der Waals surface area contributed by atoms with E-state index in [1.807, 2.05) is 0 Å². The van der Waals surface area contributed by atoms with Crippen molar-refractivity contribution in [3.63, 3.8) is 0 Å². The second-order valence-corrected chi connectivity index (χ2v) is 4.12. The maximum absolute atomic E-state index is 11.3. The number of para-hydroxylation sites is 1. The molecule has 6 nitrogen and oxygen atoms in total. The number of aromatic nitrogens is 1. The molecule has 6 heteroatoms. The van der Waals surface area contributed by atoms with Gasteiger partial charge in [-0.2, -0.15) is 0 Å². The molecule has 1 amide bonds. The highest BCUT2D eigenvalue weighted by atomic mass is 16.4. The Morgan fingerprint density at radius 2 is 1.95 bits per heavy atom. The number of nitrogens with zero attached hydrogens (tertiary/aromatic N) is 1. The summed E-state index contributed by atoms with van der Waals surface area (Å²) in [6, 6.07) is 10.0. The van der Waals surface area contributed by atoms with Gasteiger partial charge in [-0.3, -0.25) is 4.79 Å². The molecule has 102 valence electrons. The van der Waals surface area contributed by atoms with Crippen molar-refractivity contribution in [1.29, 1.82) is 0 Å². The van der Waals surface area contributed by atoms with Gasteiger partial charge in [0.2, 0.25) is 0 Å². The van der Waals surface area contributed by atoms with E-state index in [9.17, 15) is 9.59 Å². The number of carboxylic acid groups (broad SMARTS) is 1. The first-order valence-electron chi connectivity index (χ1n) is 5.89. The lowest BCUT2D eigenvalue weighted by Gasteiger charge is -2.09. The fourth-order valence-corrected chi connectivity index (χ4v) is 1.70. The highest BCUT2D eigenvalue weighted by Gasteiger charge is 2.07. The zero-order valence-electron chi connectivity index (χ0n) is 10.5. The summed E-state index contributed by atoms with van der Waals surface area (Å²) in [5.41, 5.74) is 7.10. The molecule has 0 fully saturated rings. The van der Waals surface area contributed by atoms with E-state index in [0.29, 0.717) is 17.8 Å². The van der Waals surface area contributed by atoms with E-state index >= 15 is 0 Å². The molecule has 1 aromatic carbocycles. The number of carbonyl (C=O) groups is 2. The largest absolute Gasteiger partial charge is 0.477 e. The van der Waals surface area contributed by atoms with Crippen LogP contribution in [0.2, 0.25) is 0 Å². The lowest BCUT2D eigenvalue weighted by atomic mass is 10.1. The average molecular weight is 271 g/mol. The van der Waals surface area contributed by atoms with Gasteiger partial charge in [0.15, 0.2) is 0 Å². The maximum atomic E-state index is 11.3. The number of primary amides is 1. The van der Waals surface area contributed by atoms with E-state index < -0.39 is 11.9 Å². The van der Waals surface area contributed by atoms with Gasteiger partial charge in [0.05, 0.1) is 5.56 Å². The standard InChI is InChI=1S/C14H13N3O3/c15-13(18)10-3-1-2-4-11(10)16-7-9-5-6-12(14(19)20)17-8-9/h1-6,8,16H,7H2,(H2,15,18)(H,19,20). The Morgan fingerprint density at radius 3 is 2.55 bits per heavy atom. The van der Waals surface area contributed by atoms with Crippen LogP contribution in [0.1, 0.15) is 26.4 Å². The van der Waals surface area contributed by atoms with Gasteiger partial charge >= 0.3 is 5.97 Å². The van der Waals surface area contributed by atoms with Crippen molar-refractivity contribution in [2.75, 3.05) is 5.32 Å². The highest BCUT2D eigenvalue weighted by molar-refractivity contribution is 5.98. The molecule has 0 bridgehead atoms. The third-order valence-electron chi connectivity index (χ3n) is 2.72. The lowest BCUT2D eigenvalue weighted by molar-refractivity contribution is 0.0690. The monoisotopic (exact) mass is 271 g/mol. The predicted molar refractivity (Wildman–Crippen MR) is 73.5 cm³/mol. The number of nitrogens with two attached hydrogens (primary N) is 1. The molecule has 4 N–H and O–H groups in total. The Balaban J connectivity index is 2.09. The molecule has 0 radical (unpaired) electrons. The van der Waals surface area contributed by atoms with Crippen molar-refractivity contribution in [2.45, 2.75) is 6.54 Å². The fraction of sp³-hybridized carbons (Fsp3) is 0.0714. The minimum absolute atomic E-state index is 0.00807. The van der Waals surface area contributed by atoms with Gasteiger partial charge in [-0.1, -0.05) is 18.2 Å². The Labute approximate surface area is 115 Å². The maximum Gasteiger partial charge on any atom is 0.354 e. The zero-order chi connectivity index (χ0) is 14.5. The summed E-state index contributed by atoms with van der Waals surface area (Å²) in [7, 11) is 0. The van der Waals surface area contributed by atoms with Crippen LogP contribution in [-0.2, 0) is 6.54 Å². The molecule has 0 aliphatic heterocycles.